The Labute approximate surface area is 125 Å². The summed E-state index contributed by atoms with van der Waals surface area (Å²) in [7, 11) is 0. The van der Waals surface area contributed by atoms with Crippen LogP contribution in [0.25, 0.3) is 0 Å². The molecular weight excluding hydrogens is 274 g/mol. The first-order valence-corrected chi connectivity index (χ1v) is 7.46. The highest BCUT2D eigenvalue weighted by molar-refractivity contribution is 6.30. The Kier molecular flexibility index (Phi) is 4.28. The highest BCUT2D eigenvalue weighted by Gasteiger charge is 2.49. The molecule has 0 saturated heterocycles. The number of rotatable bonds is 4. The average Bonchev–Trinajstić information content (AvgIpc) is 2.69. The van der Waals surface area contributed by atoms with Gasteiger partial charge in [-0.15, -0.1) is 0 Å². The van der Waals surface area contributed by atoms with Gasteiger partial charge in [0.15, 0.2) is 0 Å². The Balaban J connectivity index is 2.23. The number of hydrogen-bond donors (Lipinski definition) is 1. The van der Waals surface area contributed by atoms with Crippen LogP contribution in [0.1, 0.15) is 40.0 Å². The molecule has 3 nitrogen and oxygen atoms in total. The summed E-state index contributed by atoms with van der Waals surface area (Å²) >= 11 is 5.90. The van der Waals surface area contributed by atoms with Crippen LogP contribution >= 0.6 is 11.6 Å². The van der Waals surface area contributed by atoms with Crippen LogP contribution in [0.2, 0.25) is 5.02 Å². The summed E-state index contributed by atoms with van der Waals surface area (Å²) in [5.41, 5.74) is 0.430. The van der Waals surface area contributed by atoms with E-state index in [1.165, 1.54) is 0 Å². The molecule has 20 heavy (non-hydrogen) atoms. The fourth-order valence-corrected chi connectivity index (χ4v) is 3.08. The molecule has 110 valence electrons. The number of nitrogens with one attached hydrogen (secondary N) is 1. The number of hydrogen-bond acceptors (Lipinski definition) is 3. The minimum atomic E-state index is -0.618. The minimum Gasteiger partial charge on any atom is -0.464 e. The Bertz CT molecular complexity index is 484. The molecule has 0 aliphatic heterocycles. The SMILES string of the molecule is CCOC(=O)C1(Nc2ccc(Cl)cc2)CCC(C)(C)C1. The summed E-state index contributed by atoms with van der Waals surface area (Å²) in [5, 5.41) is 4.08. The Hall–Kier alpha value is -1.22. The topological polar surface area (TPSA) is 38.3 Å². The minimum absolute atomic E-state index is 0.145. The monoisotopic (exact) mass is 295 g/mol. The third-order valence-electron chi connectivity index (χ3n) is 3.90. The van der Waals surface area contributed by atoms with Crippen molar-refractivity contribution in [3.63, 3.8) is 0 Å². The number of esters is 1. The number of ether oxygens (including phenoxy) is 1. The third kappa shape index (κ3) is 3.26. The molecule has 0 amide bonds. The first-order valence-electron chi connectivity index (χ1n) is 7.08. The molecule has 1 saturated carbocycles. The van der Waals surface area contributed by atoms with E-state index >= 15 is 0 Å². The molecule has 0 radical (unpaired) electrons. The van der Waals surface area contributed by atoms with Crippen LogP contribution in [-0.4, -0.2) is 18.1 Å². The maximum atomic E-state index is 12.4. The lowest BCUT2D eigenvalue weighted by Gasteiger charge is -2.30. The molecule has 1 fully saturated rings. The first-order chi connectivity index (χ1) is 9.37. The van der Waals surface area contributed by atoms with E-state index in [0.717, 1.165) is 24.9 Å². The maximum absolute atomic E-state index is 12.4. The van der Waals surface area contributed by atoms with Gasteiger partial charge in [-0.3, -0.25) is 0 Å². The van der Waals surface area contributed by atoms with Gasteiger partial charge >= 0.3 is 5.97 Å². The van der Waals surface area contributed by atoms with Crippen molar-refractivity contribution in [3.05, 3.63) is 29.3 Å². The van der Waals surface area contributed by atoms with E-state index in [9.17, 15) is 4.79 Å². The molecule has 1 N–H and O–H groups in total. The predicted octanol–water partition coefficient (Wildman–Crippen LogP) is 4.26. The van der Waals surface area contributed by atoms with Gasteiger partial charge in [0.25, 0.3) is 0 Å². The quantitative estimate of drug-likeness (QED) is 0.843. The Morgan fingerprint density at radius 2 is 1.95 bits per heavy atom. The molecular formula is C16H22ClNO2. The van der Waals surface area contributed by atoms with Crippen LogP contribution in [-0.2, 0) is 9.53 Å². The van der Waals surface area contributed by atoms with Gasteiger partial charge in [0, 0.05) is 10.7 Å². The van der Waals surface area contributed by atoms with E-state index in [2.05, 4.69) is 19.2 Å². The molecule has 0 heterocycles. The smallest absolute Gasteiger partial charge is 0.331 e. The molecule has 1 aromatic rings. The molecule has 1 aromatic carbocycles. The summed E-state index contributed by atoms with van der Waals surface area (Å²) < 4.78 is 5.29. The molecule has 0 spiro atoms. The zero-order chi connectivity index (χ0) is 14.8. The first kappa shape index (κ1) is 15.2. The van der Waals surface area contributed by atoms with E-state index in [-0.39, 0.29) is 11.4 Å². The lowest BCUT2D eigenvalue weighted by atomic mass is 9.87. The van der Waals surface area contributed by atoms with Crippen molar-refractivity contribution < 1.29 is 9.53 Å². The van der Waals surface area contributed by atoms with Crippen LogP contribution in [0.3, 0.4) is 0 Å². The van der Waals surface area contributed by atoms with Crippen molar-refractivity contribution in [3.8, 4) is 0 Å². The second kappa shape index (κ2) is 5.65. The zero-order valence-corrected chi connectivity index (χ0v) is 13.1. The molecule has 0 bridgehead atoms. The summed E-state index contributed by atoms with van der Waals surface area (Å²) in [5.74, 6) is -0.152. The normalized spacial score (nSPS) is 24.4. The number of halogens is 1. The Morgan fingerprint density at radius 3 is 2.45 bits per heavy atom. The van der Waals surface area contributed by atoms with Gasteiger partial charge in [0.1, 0.15) is 5.54 Å². The van der Waals surface area contributed by atoms with E-state index in [1.54, 1.807) is 0 Å². The molecule has 4 heteroatoms. The summed E-state index contributed by atoms with van der Waals surface area (Å²) in [6.07, 6.45) is 2.58. The largest absolute Gasteiger partial charge is 0.464 e. The van der Waals surface area contributed by atoms with Crippen molar-refractivity contribution in [2.24, 2.45) is 5.41 Å². The van der Waals surface area contributed by atoms with Gasteiger partial charge in [-0.05, 0) is 55.9 Å². The van der Waals surface area contributed by atoms with E-state index in [4.69, 9.17) is 16.3 Å². The second-order valence-electron chi connectivity index (χ2n) is 6.28. The van der Waals surface area contributed by atoms with Gasteiger partial charge in [-0.1, -0.05) is 25.4 Å². The van der Waals surface area contributed by atoms with Crippen molar-refractivity contribution in [2.75, 3.05) is 11.9 Å². The van der Waals surface area contributed by atoms with Gasteiger partial charge in [0.2, 0.25) is 0 Å². The summed E-state index contributed by atoms with van der Waals surface area (Å²) in [6.45, 7) is 6.63. The predicted molar refractivity (Wildman–Crippen MR) is 82.1 cm³/mol. The number of carbonyl (C=O) groups excluding carboxylic acids is 1. The lowest BCUT2D eigenvalue weighted by molar-refractivity contribution is -0.148. The van der Waals surface area contributed by atoms with E-state index in [0.29, 0.717) is 11.6 Å². The number of benzene rings is 1. The second-order valence-corrected chi connectivity index (χ2v) is 6.71. The molecule has 1 aliphatic rings. The standard InChI is InChI=1S/C16H22ClNO2/c1-4-20-14(19)16(10-9-15(2,3)11-16)18-13-7-5-12(17)6-8-13/h5-8,18H,4,9-11H2,1-3H3. The number of carbonyl (C=O) groups is 1. The van der Waals surface area contributed by atoms with Gasteiger partial charge < -0.3 is 10.1 Å². The van der Waals surface area contributed by atoms with Gasteiger partial charge in [-0.25, -0.2) is 4.79 Å². The summed E-state index contributed by atoms with van der Waals surface area (Å²) in [4.78, 5) is 12.4. The van der Waals surface area contributed by atoms with Crippen LogP contribution in [0.5, 0.6) is 0 Å². The molecule has 0 aromatic heterocycles. The van der Waals surface area contributed by atoms with Crippen LogP contribution in [0, 0.1) is 5.41 Å². The summed E-state index contributed by atoms with van der Waals surface area (Å²) in [6, 6.07) is 7.44. The number of anilines is 1. The van der Waals surface area contributed by atoms with E-state index < -0.39 is 5.54 Å². The third-order valence-corrected chi connectivity index (χ3v) is 4.15. The van der Waals surface area contributed by atoms with Crippen molar-refractivity contribution >= 4 is 23.3 Å². The van der Waals surface area contributed by atoms with Gasteiger partial charge in [0.05, 0.1) is 6.61 Å². The highest BCUT2D eigenvalue weighted by Crippen LogP contribution is 2.45. The Morgan fingerprint density at radius 1 is 1.30 bits per heavy atom. The fraction of sp³-hybridized carbons (Fsp3) is 0.562. The molecule has 1 unspecified atom stereocenters. The maximum Gasteiger partial charge on any atom is 0.331 e. The van der Waals surface area contributed by atoms with Crippen molar-refractivity contribution in [2.45, 2.75) is 45.6 Å². The molecule has 2 rings (SSSR count). The van der Waals surface area contributed by atoms with Crippen LogP contribution in [0.15, 0.2) is 24.3 Å². The lowest BCUT2D eigenvalue weighted by Crippen LogP contribution is -2.46. The van der Waals surface area contributed by atoms with Gasteiger partial charge in [-0.2, -0.15) is 0 Å². The van der Waals surface area contributed by atoms with Crippen molar-refractivity contribution in [1.29, 1.82) is 0 Å². The molecule has 1 atom stereocenters. The molecule has 1 aliphatic carbocycles. The highest BCUT2D eigenvalue weighted by atomic mass is 35.5. The fourth-order valence-electron chi connectivity index (χ4n) is 2.96. The van der Waals surface area contributed by atoms with Crippen molar-refractivity contribution in [1.82, 2.24) is 0 Å². The van der Waals surface area contributed by atoms with Crippen LogP contribution < -0.4 is 5.32 Å². The van der Waals surface area contributed by atoms with E-state index in [1.807, 2.05) is 31.2 Å². The van der Waals surface area contributed by atoms with Crippen LogP contribution in [0.4, 0.5) is 5.69 Å². The average molecular weight is 296 g/mol. The zero-order valence-electron chi connectivity index (χ0n) is 12.3.